The van der Waals surface area contributed by atoms with Gasteiger partial charge in [0.25, 0.3) is 0 Å². The fourth-order valence-corrected chi connectivity index (χ4v) is 11.7. The van der Waals surface area contributed by atoms with Crippen LogP contribution < -0.4 is 10.1 Å². The second kappa shape index (κ2) is 14.6. The maximum absolute atomic E-state index is 13.7. The lowest BCUT2D eigenvalue weighted by Gasteiger charge is -2.60. The first-order valence-corrected chi connectivity index (χ1v) is 19.5. The Bertz CT molecular complexity index is 1580. The van der Waals surface area contributed by atoms with E-state index in [2.05, 4.69) is 50.2 Å². The molecule has 0 unspecified atom stereocenters. The molecular weight excluding hydrogens is 660 g/mol. The molecule has 0 spiro atoms. The predicted octanol–water partition coefficient (Wildman–Crippen LogP) is 4.93. The molecule has 1 aromatic rings. The number of hydrogen-bond acceptors (Lipinski definition) is 9. The maximum Gasteiger partial charge on any atom is 0.306 e. The first-order chi connectivity index (χ1) is 24.6. The molecule has 1 heterocycles. The van der Waals surface area contributed by atoms with Crippen LogP contribution in [0.1, 0.15) is 104 Å². The SMILES string of the molecule is COc1ccc([C@]2(CCNC(=O)CCC(=O)OCC(=O)[C@@]3(O)CC[C@H]4[C@@H]5CCC6=CC(=O)CC[C@]6(C)[C@H]5[C@@H](O)C[C@@]43C)C[C@@H](C)N(C)C[C@@H]2C)cc1. The Labute approximate surface area is 309 Å². The molecule has 4 fully saturated rings. The Morgan fingerprint density at radius 1 is 1.02 bits per heavy atom. The van der Waals surface area contributed by atoms with Crippen LogP contribution in [0.2, 0.25) is 0 Å². The van der Waals surface area contributed by atoms with Crippen molar-refractivity contribution in [1.82, 2.24) is 10.2 Å². The highest BCUT2D eigenvalue weighted by Gasteiger charge is 2.68. The summed E-state index contributed by atoms with van der Waals surface area (Å²) in [5.74, 6) is 0.00885. The molecule has 6 rings (SSSR count). The van der Waals surface area contributed by atoms with Crippen LogP contribution in [0.3, 0.4) is 0 Å². The number of aliphatic hydroxyl groups excluding tert-OH is 1. The van der Waals surface area contributed by atoms with Gasteiger partial charge >= 0.3 is 5.97 Å². The fraction of sp³-hybridized carbons (Fsp3) is 0.714. The molecule has 286 valence electrons. The summed E-state index contributed by atoms with van der Waals surface area (Å²) < 4.78 is 10.8. The molecule has 1 aromatic carbocycles. The minimum Gasteiger partial charge on any atom is -0.497 e. The van der Waals surface area contributed by atoms with E-state index in [9.17, 15) is 29.4 Å². The summed E-state index contributed by atoms with van der Waals surface area (Å²) in [6, 6.07) is 8.63. The van der Waals surface area contributed by atoms with Gasteiger partial charge in [0.1, 0.15) is 11.4 Å². The molecule has 4 aliphatic carbocycles. The molecule has 0 radical (unpaired) electrons. The molecule has 10 heteroatoms. The normalized spacial score (nSPS) is 38.7. The number of aliphatic hydroxyl groups is 2. The molecule has 1 amide bonds. The molecule has 3 saturated carbocycles. The van der Waals surface area contributed by atoms with Crippen molar-refractivity contribution in [1.29, 1.82) is 0 Å². The second-order valence-corrected chi connectivity index (χ2v) is 17.4. The van der Waals surface area contributed by atoms with E-state index in [1.54, 1.807) is 13.2 Å². The number of piperidine rings is 1. The number of nitrogens with zero attached hydrogens (tertiary/aromatic N) is 1. The average Bonchev–Trinajstić information content (AvgIpc) is 3.38. The largest absolute Gasteiger partial charge is 0.497 e. The molecule has 1 saturated heterocycles. The molecule has 0 aromatic heterocycles. The van der Waals surface area contributed by atoms with E-state index < -0.39 is 35.5 Å². The number of rotatable bonds is 11. The van der Waals surface area contributed by atoms with Crippen LogP contribution in [-0.4, -0.2) is 90.2 Å². The summed E-state index contributed by atoms with van der Waals surface area (Å²) in [7, 11) is 3.81. The summed E-state index contributed by atoms with van der Waals surface area (Å²) in [4.78, 5) is 53.9. The van der Waals surface area contributed by atoms with Gasteiger partial charge in [-0.1, -0.05) is 38.5 Å². The van der Waals surface area contributed by atoms with Gasteiger partial charge < -0.3 is 29.9 Å². The topological polar surface area (TPSA) is 142 Å². The maximum atomic E-state index is 13.7. The zero-order valence-corrected chi connectivity index (χ0v) is 32.0. The number of ether oxygens (including phenoxy) is 2. The highest BCUT2D eigenvalue weighted by molar-refractivity contribution is 5.92. The third kappa shape index (κ3) is 6.66. The summed E-state index contributed by atoms with van der Waals surface area (Å²) in [5, 5.41) is 26.6. The van der Waals surface area contributed by atoms with Gasteiger partial charge in [-0.05, 0) is 118 Å². The Morgan fingerprint density at radius 3 is 2.46 bits per heavy atom. The summed E-state index contributed by atoms with van der Waals surface area (Å²) in [6.45, 7) is 9.45. The van der Waals surface area contributed by atoms with Crippen molar-refractivity contribution in [3.05, 3.63) is 41.5 Å². The lowest BCUT2D eigenvalue weighted by molar-refractivity contribution is -0.184. The first kappa shape index (κ1) is 38.6. The van der Waals surface area contributed by atoms with Crippen LogP contribution in [0.4, 0.5) is 0 Å². The summed E-state index contributed by atoms with van der Waals surface area (Å²) >= 11 is 0. The highest BCUT2D eigenvalue weighted by atomic mass is 16.5. The van der Waals surface area contributed by atoms with Crippen molar-refractivity contribution in [2.45, 2.75) is 121 Å². The monoisotopic (exact) mass is 720 g/mol. The standard InChI is InChI=1S/C42H60N2O8/c1-26-24-44(5)27(2)22-41(26,28-7-10-31(51-6)11-8-28)19-20-43-36(48)13-14-37(49)52-25-35(47)42(50)18-16-33-32-12-9-29-21-30(45)15-17-39(29,3)38(32)34(46)23-40(33,42)4/h7-8,10-11,21,26-27,32-34,38,46,50H,9,12-20,22-25H2,1-6H3,(H,43,48)/t26-,27+,32-,33-,34-,38+,39-,40-,41+,42-/m0/s1. The van der Waals surface area contributed by atoms with E-state index in [0.717, 1.165) is 50.0 Å². The fourth-order valence-electron chi connectivity index (χ4n) is 11.7. The van der Waals surface area contributed by atoms with Crippen LogP contribution in [0, 0.1) is 34.5 Å². The van der Waals surface area contributed by atoms with Crippen molar-refractivity contribution >= 4 is 23.4 Å². The number of esters is 1. The van der Waals surface area contributed by atoms with Crippen molar-refractivity contribution in [3.8, 4) is 5.75 Å². The van der Waals surface area contributed by atoms with Gasteiger partial charge in [-0.3, -0.25) is 19.2 Å². The van der Waals surface area contributed by atoms with Crippen LogP contribution in [-0.2, 0) is 29.3 Å². The molecule has 52 heavy (non-hydrogen) atoms. The van der Waals surface area contributed by atoms with Crippen molar-refractivity contribution in [2.24, 2.45) is 34.5 Å². The number of hydrogen-bond donors (Lipinski definition) is 3. The predicted molar refractivity (Wildman–Crippen MR) is 196 cm³/mol. The third-order valence-corrected chi connectivity index (χ3v) is 14.9. The van der Waals surface area contributed by atoms with Gasteiger partial charge in [0, 0.05) is 42.8 Å². The number of ketones is 2. The van der Waals surface area contributed by atoms with E-state index in [-0.39, 0.29) is 66.0 Å². The number of nitrogens with one attached hydrogen (secondary N) is 1. The Balaban J connectivity index is 1.01. The first-order valence-electron chi connectivity index (χ1n) is 19.5. The zero-order valence-electron chi connectivity index (χ0n) is 32.0. The van der Waals surface area contributed by atoms with Crippen molar-refractivity contribution in [3.63, 3.8) is 0 Å². The van der Waals surface area contributed by atoms with E-state index in [0.29, 0.717) is 31.3 Å². The number of methoxy groups -OCH3 is 1. The number of amides is 1. The van der Waals surface area contributed by atoms with E-state index >= 15 is 0 Å². The van der Waals surface area contributed by atoms with Crippen LogP contribution >= 0.6 is 0 Å². The van der Waals surface area contributed by atoms with Crippen LogP contribution in [0.5, 0.6) is 5.75 Å². The summed E-state index contributed by atoms with van der Waals surface area (Å²) in [6.07, 6.45) is 6.56. The zero-order chi connectivity index (χ0) is 37.6. The Kier molecular flexibility index (Phi) is 10.9. The quantitative estimate of drug-likeness (QED) is 0.272. The molecule has 3 N–H and O–H groups in total. The number of likely N-dealkylation sites (tertiary alicyclic amines) is 1. The van der Waals surface area contributed by atoms with E-state index in [1.807, 2.05) is 19.1 Å². The second-order valence-electron chi connectivity index (χ2n) is 17.4. The minimum atomic E-state index is -1.72. The Morgan fingerprint density at radius 2 is 1.75 bits per heavy atom. The van der Waals surface area contributed by atoms with Gasteiger partial charge in [-0.15, -0.1) is 0 Å². The number of Topliss-reactive ketones (excluding diaryl/α,β-unsaturated/α-hetero) is 1. The van der Waals surface area contributed by atoms with Crippen molar-refractivity contribution in [2.75, 3.05) is 33.9 Å². The molecule has 5 aliphatic rings. The molecule has 0 bridgehead atoms. The minimum absolute atomic E-state index is 0.0237. The van der Waals surface area contributed by atoms with Crippen LogP contribution in [0.15, 0.2) is 35.9 Å². The molecule has 1 aliphatic heterocycles. The van der Waals surface area contributed by atoms with E-state index in [1.165, 1.54) is 5.56 Å². The molecular formula is C42H60N2O8. The van der Waals surface area contributed by atoms with Gasteiger partial charge in [-0.2, -0.15) is 0 Å². The number of benzene rings is 1. The number of carbonyl (C=O) groups excluding carboxylic acids is 4. The molecule has 10 nitrogen and oxygen atoms in total. The smallest absolute Gasteiger partial charge is 0.306 e. The van der Waals surface area contributed by atoms with E-state index in [4.69, 9.17) is 9.47 Å². The number of allylic oxidation sites excluding steroid dienone is 1. The van der Waals surface area contributed by atoms with Gasteiger partial charge in [0.2, 0.25) is 11.7 Å². The Hall–Kier alpha value is -3.08. The van der Waals surface area contributed by atoms with Gasteiger partial charge in [0.15, 0.2) is 12.4 Å². The molecule has 10 atom stereocenters. The van der Waals surface area contributed by atoms with Gasteiger partial charge in [0.05, 0.1) is 19.6 Å². The summed E-state index contributed by atoms with van der Waals surface area (Å²) in [5.41, 5.74) is -0.588. The highest BCUT2D eigenvalue weighted by Crippen LogP contribution is 2.67. The van der Waals surface area contributed by atoms with Crippen molar-refractivity contribution < 1.29 is 38.9 Å². The van der Waals surface area contributed by atoms with Gasteiger partial charge in [-0.25, -0.2) is 0 Å². The van der Waals surface area contributed by atoms with Crippen LogP contribution in [0.25, 0.3) is 0 Å². The lowest BCUT2D eigenvalue weighted by Crippen LogP contribution is -2.62. The number of carbonyl (C=O) groups is 4. The lowest BCUT2D eigenvalue weighted by atomic mass is 9.45. The number of fused-ring (bicyclic) bond motifs is 5. The average molecular weight is 721 g/mol. The third-order valence-electron chi connectivity index (χ3n) is 14.9.